The van der Waals surface area contributed by atoms with Crippen LogP contribution in [0, 0.1) is 5.92 Å². The van der Waals surface area contributed by atoms with Crippen molar-refractivity contribution in [2.75, 3.05) is 32.8 Å². The van der Waals surface area contributed by atoms with Gasteiger partial charge >= 0.3 is 0 Å². The van der Waals surface area contributed by atoms with E-state index in [1.807, 2.05) is 6.20 Å². The van der Waals surface area contributed by atoms with Crippen molar-refractivity contribution in [3.05, 3.63) is 18.2 Å². The van der Waals surface area contributed by atoms with Crippen LogP contribution in [-0.2, 0) is 22.6 Å². The molecule has 126 valence electrons. The van der Waals surface area contributed by atoms with Gasteiger partial charge in [-0.1, -0.05) is 0 Å². The summed E-state index contributed by atoms with van der Waals surface area (Å²) in [4.78, 5) is 21.2. The predicted octanol–water partition coefficient (Wildman–Crippen LogP) is 1.12. The van der Waals surface area contributed by atoms with E-state index >= 15 is 0 Å². The van der Waals surface area contributed by atoms with Crippen LogP contribution in [0.25, 0.3) is 0 Å². The highest BCUT2D eigenvalue weighted by atomic mass is 16.5. The Hall–Kier alpha value is -1.40. The Morgan fingerprint density at radius 2 is 2.13 bits per heavy atom. The van der Waals surface area contributed by atoms with E-state index in [1.165, 1.54) is 0 Å². The fourth-order valence-corrected chi connectivity index (χ4v) is 4.22. The molecule has 1 amide bonds. The summed E-state index contributed by atoms with van der Waals surface area (Å²) in [5, 5.41) is 0. The lowest BCUT2D eigenvalue weighted by atomic mass is 10.0. The van der Waals surface area contributed by atoms with Gasteiger partial charge in [0.15, 0.2) is 0 Å². The van der Waals surface area contributed by atoms with Gasteiger partial charge < -0.3 is 14.2 Å². The summed E-state index contributed by atoms with van der Waals surface area (Å²) < 4.78 is 7.81. The van der Waals surface area contributed by atoms with Crippen molar-refractivity contribution >= 4 is 5.91 Å². The monoisotopic (exact) mass is 318 g/mol. The van der Waals surface area contributed by atoms with Gasteiger partial charge in [-0.3, -0.25) is 9.69 Å². The number of carbonyl (C=O) groups is 1. The Balaban J connectivity index is 1.50. The van der Waals surface area contributed by atoms with Gasteiger partial charge in [-0.15, -0.1) is 0 Å². The first-order valence-corrected chi connectivity index (χ1v) is 8.89. The van der Waals surface area contributed by atoms with Crippen LogP contribution in [0.1, 0.15) is 31.5 Å². The van der Waals surface area contributed by atoms with E-state index < -0.39 is 0 Å². The summed E-state index contributed by atoms with van der Waals surface area (Å²) in [5.41, 5.74) is 0. The SMILES string of the molecule is O=C1CCCN1C[C@H]1CN(C2CCOCC2)Cc2nccn2C1. The van der Waals surface area contributed by atoms with Gasteiger partial charge in [0.2, 0.25) is 5.91 Å². The van der Waals surface area contributed by atoms with Crippen LogP contribution in [0.4, 0.5) is 0 Å². The minimum Gasteiger partial charge on any atom is -0.381 e. The Labute approximate surface area is 137 Å². The molecule has 0 aliphatic carbocycles. The lowest BCUT2D eigenvalue weighted by Gasteiger charge is -2.35. The number of ether oxygens (including phenoxy) is 1. The second-order valence-electron chi connectivity index (χ2n) is 7.08. The number of fused-ring (bicyclic) bond motifs is 1. The van der Waals surface area contributed by atoms with E-state index in [4.69, 9.17) is 4.74 Å². The molecule has 0 bridgehead atoms. The fourth-order valence-electron chi connectivity index (χ4n) is 4.22. The maximum Gasteiger partial charge on any atom is 0.222 e. The van der Waals surface area contributed by atoms with Crippen molar-refractivity contribution in [2.45, 2.75) is 44.8 Å². The molecule has 1 aromatic heterocycles. The Bertz CT molecular complexity index is 553. The molecule has 0 aromatic carbocycles. The molecule has 2 fully saturated rings. The number of rotatable bonds is 3. The van der Waals surface area contributed by atoms with E-state index in [2.05, 4.69) is 25.5 Å². The Kier molecular flexibility index (Phi) is 4.35. The molecule has 6 nitrogen and oxygen atoms in total. The zero-order valence-corrected chi connectivity index (χ0v) is 13.7. The van der Waals surface area contributed by atoms with E-state index in [9.17, 15) is 4.79 Å². The van der Waals surface area contributed by atoms with Gasteiger partial charge in [0.1, 0.15) is 5.82 Å². The van der Waals surface area contributed by atoms with E-state index in [0.717, 1.165) is 77.4 Å². The van der Waals surface area contributed by atoms with Crippen LogP contribution < -0.4 is 0 Å². The van der Waals surface area contributed by atoms with E-state index in [-0.39, 0.29) is 0 Å². The highest BCUT2D eigenvalue weighted by Crippen LogP contribution is 2.24. The van der Waals surface area contributed by atoms with Crippen molar-refractivity contribution in [1.29, 1.82) is 0 Å². The molecular weight excluding hydrogens is 292 g/mol. The summed E-state index contributed by atoms with van der Waals surface area (Å²) >= 11 is 0. The molecule has 0 radical (unpaired) electrons. The molecular formula is C17H26N4O2. The average molecular weight is 318 g/mol. The summed E-state index contributed by atoms with van der Waals surface area (Å²) in [7, 11) is 0. The first-order chi connectivity index (χ1) is 11.3. The molecule has 4 heterocycles. The lowest BCUT2D eigenvalue weighted by Crippen LogP contribution is -2.43. The standard InChI is InChI=1S/C17H26N4O2/c22-17-2-1-6-20(17)11-14-10-19-7-5-18-16(19)13-21(12-14)15-3-8-23-9-4-15/h5,7,14-15H,1-4,6,8-13H2/t14-/m0/s1. The number of aromatic nitrogens is 2. The first-order valence-electron chi connectivity index (χ1n) is 8.89. The molecule has 0 N–H and O–H groups in total. The van der Waals surface area contributed by atoms with Crippen LogP contribution in [-0.4, -0.2) is 64.1 Å². The highest BCUT2D eigenvalue weighted by Gasteiger charge is 2.31. The minimum atomic E-state index is 0.331. The third kappa shape index (κ3) is 3.28. The largest absolute Gasteiger partial charge is 0.381 e. The van der Waals surface area contributed by atoms with Crippen molar-refractivity contribution in [2.24, 2.45) is 5.92 Å². The number of carbonyl (C=O) groups excluding carboxylic acids is 1. The van der Waals surface area contributed by atoms with E-state index in [0.29, 0.717) is 17.9 Å². The minimum absolute atomic E-state index is 0.331. The third-order valence-electron chi connectivity index (χ3n) is 5.45. The molecule has 1 atom stereocenters. The van der Waals surface area contributed by atoms with E-state index in [1.54, 1.807) is 0 Å². The molecule has 4 rings (SSSR count). The maximum absolute atomic E-state index is 12.0. The fraction of sp³-hybridized carbons (Fsp3) is 0.765. The molecule has 3 aliphatic rings. The number of nitrogens with zero attached hydrogens (tertiary/aromatic N) is 4. The Morgan fingerprint density at radius 1 is 1.26 bits per heavy atom. The van der Waals surface area contributed by atoms with Gasteiger partial charge in [0.25, 0.3) is 0 Å². The molecule has 0 saturated carbocycles. The predicted molar refractivity (Wildman–Crippen MR) is 85.8 cm³/mol. The third-order valence-corrected chi connectivity index (χ3v) is 5.45. The molecule has 0 spiro atoms. The van der Waals surface area contributed by atoms with Crippen molar-refractivity contribution in [3.8, 4) is 0 Å². The highest BCUT2D eigenvalue weighted by molar-refractivity contribution is 5.78. The van der Waals surface area contributed by atoms with Crippen LogP contribution in [0.15, 0.2) is 12.4 Å². The van der Waals surface area contributed by atoms with Gasteiger partial charge in [-0.2, -0.15) is 0 Å². The van der Waals surface area contributed by atoms with Crippen molar-refractivity contribution in [1.82, 2.24) is 19.4 Å². The second kappa shape index (κ2) is 6.61. The number of imidazole rings is 1. The first kappa shape index (κ1) is 15.1. The maximum atomic E-state index is 12.0. The number of hydrogen-bond donors (Lipinski definition) is 0. The normalized spacial score (nSPS) is 27.2. The summed E-state index contributed by atoms with van der Waals surface area (Å²) in [5.74, 6) is 1.97. The quantitative estimate of drug-likeness (QED) is 0.838. The summed E-state index contributed by atoms with van der Waals surface area (Å²) in [6, 6.07) is 0.587. The summed E-state index contributed by atoms with van der Waals surface area (Å²) in [6.45, 7) is 6.49. The van der Waals surface area contributed by atoms with Crippen LogP contribution in [0.3, 0.4) is 0 Å². The molecule has 6 heteroatoms. The van der Waals surface area contributed by atoms with Crippen molar-refractivity contribution in [3.63, 3.8) is 0 Å². The molecule has 2 saturated heterocycles. The van der Waals surface area contributed by atoms with Crippen LogP contribution in [0.5, 0.6) is 0 Å². The number of hydrogen-bond acceptors (Lipinski definition) is 4. The zero-order valence-electron chi connectivity index (χ0n) is 13.7. The second-order valence-corrected chi connectivity index (χ2v) is 7.08. The molecule has 1 aromatic rings. The van der Waals surface area contributed by atoms with Crippen LogP contribution >= 0.6 is 0 Å². The zero-order chi connectivity index (χ0) is 15.6. The van der Waals surface area contributed by atoms with Gasteiger partial charge in [-0.05, 0) is 19.3 Å². The lowest BCUT2D eigenvalue weighted by molar-refractivity contribution is -0.128. The van der Waals surface area contributed by atoms with Gasteiger partial charge in [0, 0.05) is 70.2 Å². The number of amides is 1. The van der Waals surface area contributed by atoms with Crippen LogP contribution in [0.2, 0.25) is 0 Å². The van der Waals surface area contributed by atoms with Crippen molar-refractivity contribution < 1.29 is 9.53 Å². The molecule has 0 unspecified atom stereocenters. The number of likely N-dealkylation sites (tertiary alicyclic amines) is 1. The smallest absolute Gasteiger partial charge is 0.222 e. The summed E-state index contributed by atoms with van der Waals surface area (Å²) in [6.07, 6.45) is 7.95. The molecule has 3 aliphatic heterocycles. The average Bonchev–Trinajstić information content (AvgIpc) is 3.13. The topological polar surface area (TPSA) is 50.6 Å². The van der Waals surface area contributed by atoms with Gasteiger partial charge in [-0.25, -0.2) is 4.98 Å². The molecule has 23 heavy (non-hydrogen) atoms. The Morgan fingerprint density at radius 3 is 2.91 bits per heavy atom. The van der Waals surface area contributed by atoms with Gasteiger partial charge in [0.05, 0.1) is 6.54 Å².